The van der Waals surface area contributed by atoms with Crippen LogP contribution in [0, 0.1) is 16.0 Å². The van der Waals surface area contributed by atoms with E-state index in [1.165, 1.54) is 11.3 Å². The van der Waals surface area contributed by atoms with Crippen molar-refractivity contribution in [3.63, 3.8) is 0 Å². The molecule has 2 amide bonds. The number of carbonyl (C=O) groups is 2. The van der Waals surface area contributed by atoms with Crippen molar-refractivity contribution in [2.75, 3.05) is 5.32 Å². The molecule has 10 heteroatoms. The lowest BCUT2D eigenvalue weighted by molar-refractivity contribution is -0.385. The summed E-state index contributed by atoms with van der Waals surface area (Å²) in [5, 5.41) is 13.8. The normalized spacial score (nSPS) is 15.8. The number of anilines is 1. The molecule has 27 heavy (non-hydrogen) atoms. The first-order chi connectivity index (χ1) is 12.8. The van der Waals surface area contributed by atoms with Gasteiger partial charge in [0.05, 0.1) is 16.7 Å². The lowest BCUT2D eigenvalue weighted by Crippen LogP contribution is -2.27. The van der Waals surface area contributed by atoms with E-state index in [1.54, 1.807) is 0 Å². The van der Waals surface area contributed by atoms with Crippen molar-refractivity contribution in [2.45, 2.75) is 32.7 Å². The Morgan fingerprint density at radius 3 is 2.85 bits per heavy atom. The van der Waals surface area contributed by atoms with Crippen molar-refractivity contribution in [3.8, 4) is 0 Å². The molecular weight excluding hydrogens is 372 g/mol. The van der Waals surface area contributed by atoms with Crippen LogP contribution in [0.3, 0.4) is 0 Å². The van der Waals surface area contributed by atoms with Crippen LogP contribution in [0.5, 0.6) is 0 Å². The zero-order valence-corrected chi connectivity index (χ0v) is 15.4. The van der Waals surface area contributed by atoms with Crippen LogP contribution in [0.1, 0.15) is 34.1 Å². The van der Waals surface area contributed by atoms with E-state index in [0.717, 1.165) is 52.6 Å². The van der Waals surface area contributed by atoms with E-state index in [9.17, 15) is 24.5 Å². The number of thiophene rings is 1. The number of amides is 2. The van der Waals surface area contributed by atoms with E-state index in [0.29, 0.717) is 16.5 Å². The Labute approximate surface area is 157 Å². The zero-order valence-electron chi connectivity index (χ0n) is 14.6. The van der Waals surface area contributed by atoms with Gasteiger partial charge in [-0.05, 0) is 30.7 Å². The van der Waals surface area contributed by atoms with E-state index in [-0.39, 0.29) is 5.69 Å². The highest BCUT2D eigenvalue weighted by Gasteiger charge is 2.27. The maximum absolute atomic E-state index is 12.4. The van der Waals surface area contributed by atoms with E-state index >= 15 is 0 Å². The Bertz CT molecular complexity index is 994. The number of hydrogen-bond donors (Lipinski definition) is 2. The van der Waals surface area contributed by atoms with E-state index in [4.69, 9.17) is 5.73 Å². The molecule has 0 fully saturated rings. The van der Waals surface area contributed by atoms with Gasteiger partial charge in [0.1, 0.15) is 11.5 Å². The zero-order chi connectivity index (χ0) is 19.7. The Kier molecular flexibility index (Phi) is 5.08. The number of fused-ring (bicyclic) bond motifs is 1. The number of rotatable bonds is 5. The van der Waals surface area contributed by atoms with Gasteiger partial charge in [-0.25, -0.2) is 0 Å². The predicted octanol–water partition coefficient (Wildman–Crippen LogP) is 1.68. The standard InChI is InChI=1S/C17H18N4O5S/c1-9-2-4-11-12(6-9)27-17(15(11)16(18)24)19-13(22)8-20-7-10(21(25)26)3-5-14(20)23/h3,5,7,9H,2,4,6,8H2,1H3,(H2,18,24)(H,19,22). The average molecular weight is 390 g/mol. The number of primary amides is 1. The van der Waals surface area contributed by atoms with Gasteiger partial charge in [-0.1, -0.05) is 6.92 Å². The van der Waals surface area contributed by atoms with Crippen molar-refractivity contribution < 1.29 is 14.5 Å². The molecule has 2 heterocycles. The van der Waals surface area contributed by atoms with Crippen LogP contribution < -0.4 is 16.6 Å². The van der Waals surface area contributed by atoms with Gasteiger partial charge in [-0.15, -0.1) is 11.3 Å². The van der Waals surface area contributed by atoms with Crippen LogP contribution in [0.4, 0.5) is 10.7 Å². The van der Waals surface area contributed by atoms with Gasteiger partial charge in [-0.3, -0.25) is 29.1 Å². The number of aromatic nitrogens is 1. The minimum atomic E-state index is -0.645. The summed E-state index contributed by atoms with van der Waals surface area (Å²) in [4.78, 5) is 47.3. The maximum atomic E-state index is 12.4. The van der Waals surface area contributed by atoms with Crippen molar-refractivity contribution >= 4 is 33.8 Å². The second-order valence-electron chi connectivity index (χ2n) is 6.58. The number of nitrogens with zero attached hydrogens (tertiary/aromatic N) is 2. The second-order valence-corrected chi connectivity index (χ2v) is 7.68. The lowest BCUT2D eigenvalue weighted by Gasteiger charge is -2.18. The molecule has 0 radical (unpaired) electrons. The van der Waals surface area contributed by atoms with Gasteiger partial charge < -0.3 is 11.1 Å². The molecule has 142 valence electrons. The van der Waals surface area contributed by atoms with Gasteiger partial charge in [0.15, 0.2) is 0 Å². The van der Waals surface area contributed by atoms with Crippen LogP contribution in [0.2, 0.25) is 0 Å². The fourth-order valence-corrected chi connectivity index (χ4v) is 4.60. The summed E-state index contributed by atoms with van der Waals surface area (Å²) in [7, 11) is 0. The van der Waals surface area contributed by atoms with Crippen molar-refractivity contribution in [2.24, 2.45) is 11.7 Å². The molecule has 0 bridgehead atoms. The van der Waals surface area contributed by atoms with Crippen LogP contribution in [-0.4, -0.2) is 21.3 Å². The van der Waals surface area contributed by atoms with E-state index in [2.05, 4.69) is 12.2 Å². The highest BCUT2D eigenvalue weighted by atomic mass is 32.1. The summed E-state index contributed by atoms with van der Waals surface area (Å²) in [6.07, 6.45) is 3.50. The Morgan fingerprint density at radius 1 is 1.44 bits per heavy atom. The van der Waals surface area contributed by atoms with Crippen molar-refractivity contribution in [1.29, 1.82) is 0 Å². The van der Waals surface area contributed by atoms with Gasteiger partial charge in [0.25, 0.3) is 17.2 Å². The minimum Gasteiger partial charge on any atom is -0.365 e. The number of hydrogen-bond acceptors (Lipinski definition) is 6. The summed E-state index contributed by atoms with van der Waals surface area (Å²) in [5.74, 6) is -0.680. The lowest BCUT2D eigenvalue weighted by atomic mass is 9.88. The number of carbonyl (C=O) groups excluding carboxylic acids is 2. The fourth-order valence-electron chi connectivity index (χ4n) is 3.17. The van der Waals surface area contributed by atoms with Crippen LogP contribution in [0.25, 0.3) is 0 Å². The molecule has 0 aromatic carbocycles. The summed E-state index contributed by atoms with van der Waals surface area (Å²) < 4.78 is 0.951. The summed E-state index contributed by atoms with van der Waals surface area (Å²) >= 11 is 1.32. The van der Waals surface area contributed by atoms with Crippen LogP contribution in [-0.2, 0) is 24.2 Å². The first-order valence-electron chi connectivity index (χ1n) is 8.35. The average Bonchev–Trinajstić information content (AvgIpc) is 2.93. The smallest absolute Gasteiger partial charge is 0.285 e. The molecule has 1 unspecified atom stereocenters. The Balaban J connectivity index is 1.85. The highest BCUT2D eigenvalue weighted by Crippen LogP contribution is 2.39. The largest absolute Gasteiger partial charge is 0.365 e. The fraction of sp³-hybridized carbons (Fsp3) is 0.353. The molecule has 0 spiro atoms. The molecule has 2 aromatic rings. The summed E-state index contributed by atoms with van der Waals surface area (Å²) in [5.41, 5.74) is 5.89. The number of nitro groups is 1. The van der Waals surface area contributed by atoms with E-state index < -0.39 is 28.8 Å². The molecule has 2 aromatic heterocycles. The molecule has 0 saturated heterocycles. The molecule has 0 aliphatic heterocycles. The Hall–Kier alpha value is -3.01. The third kappa shape index (κ3) is 3.90. The monoisotopic (exact) mass is 390 g/mol. The van der Waals surface area contributed by atoms with Crippen molar-refractivity contribution in [1.82, 2.24) is 4.57 Å². The van der Waals surface area contributed by atoms with Gasteiger partial charge >= 0.3 is 0 Å². The number of pyridine rings is 1. The molecule has 3 rings (SSSR count). The quantitative estimate of drug-likeness (QED) is 0.591. The predicted molar refractivity (Wildman–Crippen MR) is 100 cm³/mol. The first kappa shape index (κ1) is 18.8. The number of nitrogens with one attached hydrogen (secondary N) is 1. The molecule has 1 aliphatic carbocycles. The topological polar surface area (TPSA) is 137 Å². The SMILES string of the molecule is CC1CCc2c(sc(NC(=O)Cn3cc([N+](=O)[O-])ccc3=O)c2C(N)=O)C1. The van der Waals surface area contributed by atoms with Crippen LogP contribution >= 0.6 is 11.3 Å². The molecule has 9 nitrogen and oxygen atoms in total. The highest BCUT2D eigenvalue weighted by molar-refractivity contribution is 7.17. The summed E-state index contributed by atoms with van der Waals surface area (Å²) in [6, 6.07) is 2.11. The molecule has 0 saturated carbocycles. The summed E-state index contributed by atoms with van der Waals surface area (Å²) in [6.45, 7) is 1.72. The van der Waals surface area contributed by atoms with Gasteiger partial charge in [0, 0.05) is 17.0 Å². The minimum absolute atomic E-state index is 0.291. The van der Waals surface area contributed by atoms with Gasteiger partial charge in [-0.2, -0.15) is 0 Å². The van der Waals surface area contributed by atoms with Gasteiger partial charge in [0.2, 0.25) is 5.91 Å². The van der Waals surface area contributed by atoms with E-state index in [1.807, 2.05) is 0 Å². The molecular formula is C17H18N4O5S. The number of nitrogens with two attached hydrogens (primary N) is 1. The molecule has 3 N–H and O–H groups in total. The third-order valence-corrected chi connectivity index (χ3v) is 5.67. The molecule has 1 atom stereocenters. The third-order valence-electron chi connectivity index (χ3n) is 4.50. The maximum Gasteiger partial charge on any atom is 0.285 e. The second kappa shape index (κ2) is 7.31. The Morgan fingerprint density at radius 2 is 2.19 bits per heavy atom. The molecule has 1 aliphatic rings. The van der Waals surface area contributed by atoms with Crippen molar-refractivity contribution in [3.05, 3.63) is 54.8 Å². The van der Waals surface area contributed by atoms with Crippen LogP contribution in [0.15, 0.2) is 23.1 Å². The first-order valence-corrected chi connectivity index (χ1v) is 9.17.